The second-order valence-corrected chi connectivity index (χ2v) is 10.5. The molecule has 1 aromatic heterocycles. The van der Waals surface area contributed by atoms with E-state index in [1.54, 1.807) is 7.11 Å². The van der Waals surface area contributed by atoms with E-state index in [9.17, 15) is 4.79 Å². The summed E-state index contributed by atoms with van der Waals surface area (Å²) in [5.74, 6) is 3.97. The summed E-state index contributed by atoms with van der Waals surface area (Å²) in [6, 6.07) is 10.2. The first-order valence-electron chi connectivity index (χ1n) is 12.1. The highest BCUT2D eigenvalue weighted by Crippen LogP contribution is 2.38. The van der Waals surface area contributed by atoms with Crippen molar-refractivity contribution >= 4 is 23.5 Å². The van der Waals surface area contributed by atoms with Gasteiger partial charge < -0.3 is 14.5 Å². The summed E-state index contributed by atoms with van der Waals surface area (Å²) < 4.78 is 8.09. The van der Waals surface area contributed by atoms with Crippen molar-refractivity contribution in [1.82, 2.24) is 19.7 Å². The predicted octanol–water partition coefficient (Wildman–Crippen LogP) is 2.93. The van der Waals surface area contributed by atoms with Crippen LogP contribution in [0.4, 0.5) is 5.82 Å². The zero-order chi connectivity index (χ0) is 24.0. The molecule has 1 amide bonds. The molecular formula is C26H31N6O2S+. The fourth-order valence-electron chi connectivity index (χ4n) is 5.48. The van der Waals surface area contributed by atoms with E-state index in [2.05, 4.69) is 46.5 Å². The standard InChI is InChI=1S/C26H31N6O2S/c1-20-15-25(31(27-20)22-5-3-7-24(17-22)34-2)28-8-10-30(11-9-28)32-13-4-6-23(32)16-21(18-32)26(33)29-12-14-35-19-29/h3-7,13,15-17H,8-12,14,18-19H2,1-2H3/q+1/t32-/m1/s1. The maximum atomic E-state index is 13.1. The van der Waals surface area contributed by atoms with E-state index in [0.717, 1.165) is 72.9 Å². The van der Waals surface area contributed by atoms with Crippen LogP contribution < -0.4 is 9.64 Å². The molecule has 0 N–H and O–H groups in total. The summed E-state index contributed by atoms with van der Waals surface area (Å²) in [5, 5.41) is 7.28. The van der Waals surface area contributed by atoms with Gasteiger partial charge in [0, 0.05) is 49.7 Å². The monoisotopic (exact) mass is 491 g/mol. The lowest BCUT2D eigenvalue weighted by atomic mass is 10.2. The molecule has 35 heavy (non-hydrogen) atoms. The van der Waals surface area contributed by atoms with Crippen LogP contribution in [0, 0.1) is 6.92 Å². The molecule has 5 heterocycles. The Balaban J connectivity index is 1.19. The maximum Gasteiger partial charge on any atom is 0.256 e. The van der Waals surface area contributed by atoms with Crippen molar-refractivity contribution in [3.8, 4) is 11.4 Å². The number of nitrogens with zero attached hydrogens (tertiary/aromatic N) is 6. The van der Waals surface area contributed by atoms with Crippen molar-refractivity contribution in [3.63, 3.8) is 0 Å². The molecule has 0 spiro atoms. The van der Waals surface area contributed by atoms with Gasteiger partial charge in [0.05, 0.1) is 43.0 Å². The lowest BCUT2D eigenvalue weighted by Crippen LogP contribution is -2.60. The summed E-state index contributed by atoms with van der Waals surface area (Å²) in [4.78, 5) is 17.5. The minimum Gasteiger partial charge on any atom is -0.497 e. The molecule has 8 nitrogen and oxygen atoms in total. The Morgan fingerprint density at radius 3 is 2.77 bits per heavy atom. The average Bonchev–Trinajstić information content (AvgIpc) is 3.67. The average molecular weight is 492 g/mol. The number of hydrogen-bond acceptors (Lipinski definition) is 6. The third kappa shape index (κ3) is 3.87. The summed E-state index contributed by atoms with van der Waals surface area (Å²) >= 11 is 1.83. The number of methoxy groups -OCH3 is 1. The van der Waals surface area contributed by atoms with Crippen LogP contribution in [-0.4, -0.2) is 88.2 Å². The Bertz CT molecular complexity index is 1240. The lowest BCUT2D eigenvalue weighted by Gasteiger charge is -2.44. The van der Waals surface area contributed by atoms with E-state index in [-0.39, 0.29) is 5.91 Å². The van der Waals surface area contributed by atoms with Crippen LogP contribution in [0.15, 0.2) is 66.0 Å². The lowest BCUT2D eigenvalue weighted by molar-refractivity contribution is -0.948. The van der Waals surface area contributed by atoms with Crippen molar-refractivity contribution in [2.75, 3.05) is 62.9 Å². The Kier molecular flexibility index (Phi) is 5.70. The molecule has 0 unspecified atom stereocenters. The van der Waals surface area contributed by atoms with Crippen LogP contribution in [0.25, 0.3) is 5.69 Å². The number of piperazine rings is 1. The van der Waals surface area contributed by atoms with E-state index >= 15 is 0 Å². The zero-order valence-electron chi connectivity index (χ0n) is 20.3. The number of anilines is 1. The Labute approximate surface area is 210 Å². The number of quaternary nitrogens is 1. The van der Waals surface area contributed by atoms with Gasteiger partial charge in [-0.05, 0) is 25.1 Å². The molecule has 2 saturated heterocycles. The number of fused-ring (bicyclic) bond motifs is 1. The van der Waals surface area contributed by atoms with Crippen LogP contribution in [0.3, 0.4) is 0 Å². The van der Waals surface area contributed by atoms with Crippen molar-refractivity contribution < 1.29 is 14.1 Å². The van der Waals surface area contributed by atoms with E-state index in [0.29, 0.717) is 11.1 Å². The molecule has 0 radical (unpaired) electrons. The highest BCUT2D eigenvalue weighted by molar-refractivity contribution is 7.99. The number of carbonyl (C=O) groups excluding carboxylic acids is 1. The molecule has 4 aliphatic heterocycles. The van der Waals surface area contributed by atoms with Gasteiger partial charge >= 0.3 is 0 Å². The zero-order valence-corrected chi connectivity index (χ0v) is 21.1. The number of hydrogen-bond donors (Lipinski definition) is 0. The van der Waals surface area contributed by atoms with Crippen LogP contribution in [0.2, 0.25) is 0 Å². The van der Waals surface area contributed by atoms with Gasteiger partial charge in [-0.25, -0.2) is 4.68 Å². The molecule has 1 aromatic carbocycles. The molecule has 2 aromatic rings. The molecule has 0 bridgehead atoms. The van der Waals surface area contributed by atoms with Gasteiger partial charge in [-0.1, -0.05) is 6.07 Å². The number of thioether (sulfide) groups is 1. The van der Waals surface area contributed by atoms with Crippen molar-refractivity contribution in [1.29, 1.82) is 0 Å². The van der Waals surface area contributed by atoms with E-state index < -0.39 is 0 Å². The van der Waals surface area contributed by atoms with Gasteiger partial charge in [-0.2, -0.15) is 9.69 Å². The molecule has 9 heteroatoms. The van der Waals surface area contributed by atoms with Gasteiger partial charge in [0.25, 0.3) is 5.91 Å². The Morgan fingerprint density at radius 1 is 1.14 bits per heavy atom. The number of aromatic nitrogens is 2. The molecule has 0 aliphatic carbocycles. The molecule has 4 aliphatic rings. The van der Waals surface area contributed by atoms with Gasteiger partial charge in [-0.15, -0.1) is 16.8 Å². The first-order chi connectivity index (χ1) is 17.1. The molecular weight excluding hydrogens is 460 g/mol. The Hall–Kier alpha value is -3.01. The predicted molar refractivity (Wildman–Crippen MR) is 138 cm³/mol. The van der Waals surface area contributed by atoms with Crippen LogP contribution >= 0.6 is 11.8 Å². The normalized spacial score (nSPS) is 24.1. The number of carbonyl (C=O) groups is 1. The maximum absolute atomic E-state index is 13.1. The number of allylic oxidation sites excluding steroid dienone is 3. The molecule has 182 valence electrons. The first kappa shape index (κ1) is 22.5. The van der Waals surface area contributed by atoms with Gasteiger partial charge in [0.2, 0.25) is 0 Å². The van der Waals surface area contributed by atoms with Crippen LogP contribution in [0.5, 0.6) is 5.75 Å². The van der Waals surface area contributed by atoms with Gasteiger partial charge in [0.15, 0.2) is 5.70 Å². The summed E-state index contributed by atoms with van der Waals surface area (Å²) in [5.41, 5.74) is 4.12. The summed E-state index contributed by atoms with van der Waals surface area (Å²) in [6.45, 7) is 7.19. The first-order valence-corrected chi connectivity index (χ1v) is 13.3. The topological polar surface area (TPSA) is 53.8 Å². The molecule has 0 saturated carbocycles. The second kappa shape index (κ2) is 8.89. The largest absolute Gasteiger partial charge is 0.497 e. The minimum atomic E-state index is 0.201. The van der Waals surface area contributed by atoms with Gasteiger partial charge in [-0.3, -0.25) is 4.79 Å². The molecule has 6 rings (SSSR count). The SMILES string of the molecule is COc1cccc(-n2nc(C)cc2N2CCN([N@@+]34C=CC=C3C=C(C(=O)N3CCSC3)C4)CC2)c1. The van der Waals surface area contributed by atoms with E-state index in [1.165, 1.54) is 5.70 Å². The highest BCUT2D eigenvalue weighted by atomic mass is 32.2. The van der Waals surface area contributed by atoms with Gasteiger partial charge in [0.1, 0.15) is 24.3 Å². The minimum absolute atomic E-state index is 0.201. The molecule has 2 fully saturated rings. The highest BCUT2D eigenvalue weighted by Gasteiger charge is 2.48. The number of rotatable bonds is 5. The van der Waals surface area contributed by atoms with Crippen LogP contribution in [-0.2, 0) is 4.79 Å². The Morgan fingerprint density at radius 2 is 2.00 bits per heavy atom. The van der Waals surface area contributed by atoms with Crippen molar-refractivity contribution in [2.24, 2.45) is 0 Å². The number of ether oxygens (including phenoxy) is 1. The smallest absolute Gasteiger partial charge is 0.256 e. The summed E-state index contributed by atoms with van der Waals surface area (Å²) in [7, 11) is 1.69. The second-order valence-electron chi connectivity index (χ2n) is 9.39. The third-order valence-electron chi connectivity index (χ3n) is 7.29. The van der Waals surface area contributed by atoms with Crippen LogP contribution in [0.1, 0.15) is 5.69 Å². The van der Waals surface area contributed by atoms with E-state index in [1.807, 2.05) is 46.5 Å². The fourth-order valence-corrected chi connectivity index (χ4v) is 6.42. The molecule has 1 atom stereocenters. The quantitative estimate of drug-likeness (QED) is 0.600. The van der Waals surface area contributed by atoms with Crippen molar-refractivity contribution in [2.45, 2.75) is 6.92 Å². The number of amides is 1. The van der Waals surface area contributed by atoms with Crippen molar-refractivity contribution in [3.05, 3.63) is 71.7 Å². The fraction of sp³-hybridized carbons (Fsp3) is 0.385. The number of aryl methyl sites for hydroxylation is 1. The van der Waals surface area contributed by atoms with E-state index in [4.69, 9.17) is 9.84 Å². The number of benzene rings is 1. The summed E-state index contributed by atoms with van der Waals surface area (Å²) in [6.07, 6.45) is 8.66. The third-order valence-corrected chi connectivity index (χ3v) is 8.26.